The number of rotatable bonds is 5. The maximum Gasteiger partial charge on any atom is 0.123 e. The fraction of sp³-hybridized carbons (Fsp3) is 0.389. The second-order valence-electron chi connectivity index (χ2n) is 5.87. The third kappa shape index (κ3) is 3.88. The van der Waals surface area contributed by atoms with Gasteiger partial charge < -0.3 is 5.32 Å². The molecule has 2 rings (SSSR count). The smallest absolute Gasteiger partial charge is 0.123 e. The van der Waals surface area contributed by atoms with Crippen molar-refractivity contribution in [3.05, 3.63) is 65.2 Å². The van der Waals surface area contributed by atoms with Crippen molar-refractivity contribution in [2.75, 3.05) is 0 Å². The summed E-state index contributed by atoms with van der Waals surface area (Å²) in [5.41, 5.74) is 3.35. The predicted octanol–water partition coefficient (Wildman–Crippen LogP) is 4.58. The van der Waals surface area contributed by atoms with E-state index in [0.29, 0.717) is 5.92 Å². The first kappa shape index (κ1) is 15.6. The van der Waals surface area contributed by atoms with E-state index in [2.05, 4.69) is 44.1 Å². The lowest BCUT2D eigenvalue weighted by Gasteiger charge is -2.27. The lowest BCUT2D eigenvalue weighted by atomic mass is 9.95. The van der Waals surface area contributed by atoms with E-state index in [1.54, 1.807) is 0 Å². The van der Waals surface area contributed by atoms with Crippen molar-refractivity contribution in [2.24, 2.45) is 5.92 Å². The molecule has 0 spiro atoms. The Morgan fingerprint density at radius 1 is 1.05 bits per heavy atom. The summed E-state index contributed by atoms with van der Waals surface area (Å²) in [5.74, 6) is 0.216. The Morgan fingerprint density at radius 2 is 1.71 bits per heavy atom. The zero-order valence-corrected chi connectivity index (χ0v) is 13.1. The minimum atomic E-state index is -0.202. The van der Waals surface area contributed by atoms with E-state index in [0.717, 1.165) is 11.3 Å². The van der Waals surface area contributed by atoms with Crippen molar-refractivity contribution < 1.29 is 4.39 Å². The highest BCUT2D eigenvalue weighted by atomic mass is 19.1. The molecule has 0 radical (unpaired) electrons. The fourth-order valence-corrected chi connectivity index (χ4v) is 2.53. The minimum Gasteiger partial charge on any atom is -0.302 e. The molecule has 1 aromatic carbocycles. The van der Waals surface area contributed by atoms with Crippen molar-refractivity contribution in [1.29, 1.82) is 0 Å². The average Bonchev–Trinajstić information content (AvgIpc) is 2.46. The molecule has 0 aliphatic rings. The number of hydrogen-bond donors (Lipinski definition) is 1. The van der Waals surface area contributed by atoms with Gasteiger partial charge in [0.25, 0.3) is 0 Å². The van der Waals surface area contributed by atoms with Crippen LogP contribution in [0.15, 0.2) is 42.6 Å². The van der Waals surface area contributed by atoms with Crippen LogP contribution in [0.2, 0.25) is 0 Å². The van der Waals surface area contributed by atoms with Gasteiger partial charge in [-0.3, -0.25) is 4.98 Å². The van der Waals surface area contributed by atoms with Gasteiger partial charge in [-0.05, 0) is 49.1 Å². The molecule has 1 aromatic heterocycles. The van der Waals surface area contributed by atoms with Crippen LogP contribution in [-0.2, 0) is 0 Å². The summed E-state index contributed by atoms with van der Waals surface area (Å²) < 4.78 is 13.0. The maximum absolute atomic E-state index is 13.0. The van der Waals surface area contributed by atoms with Crippen molar-refractivity contribution >= 4 is 0 Å². The second-order valence-corrected chi connectivity index (χ2v) is 5.87. The first-order chi connectivity index (χ1) is 9.99. The first-order valence-electron chi connectivity index (χ1n) is 7.42. The topological polar surface area (TPSA) is 24.9 Å². The van der Waals surface area contributed by atoms with Crippen LogP contribution in [0.1, 0.15) is 49.7 Å². The molecule has 1 heterocycles. The Labute approximate surface area is 126 Å². The van der Waals surface area contributed by atoms with E-state index in [1.807, 2.05) is 24.4 Å². The molecule has 0 fully saturated rings. The number of aromatic nitrogens is 1. The number of aryl methyl sites for hydroxylation is 1. The molecular formula is C18H23FN2. The van der Waals surface area contributed by atoms with Crippen LogP contribution in [0.3, 0.4) is 0 Å². The molecule has 112 valence electrons. The summed E-state index contributed by atoms with van der Waals surface area (Å²) in [6.45, 7) is 8.55. The highest BCUT2D eigenvalue weighted by Gasteiger charge is 2.21. The van der Waals surface area contributed by atoms with Gasteiger partial charge >= 0.3 is 0 Å². The Hall–Kier alpha value is -1.74. The number of nitrogens with zero attached hydrogens (tertiary/aromatic N) is 1. The van der Waals surface area contributed by atoms with Crippen LogP contribution in [0, 0.1) is 18.7 Å². The standard InChI is InChI=1S/C18H23FN2/c1-12(2)17(18-13(3)6-5-11-20-18)21-14(4)15-7-9-16(19)10-8-15/h5-12,14,17,21H,1-4H3. The maximum atomic E-state index is 13.0. The molecule has 21 heavy (non-hydrogen) atoms. The third-order valence-corrected chi connectivity index (χ3v) is 3.81. The summed E-state index contributed by atoms with van der Waals surface area (Å²) in [7, 11) is 0. The minimum absolute atomic E-state index is 0.138. The Kier molecular flexibility index (Phi) is 5.07. The molecule has 0 amide bonds. The van der Waals surface area contributed by atoms with Gasteiger partial charge in [0.2, 0.25) is 0 Å². The van der Waals surface area contributed by atoms with Gasteiger partial charge in [-0.2, -0.15) is 0 Å². The van der Waals surface area contributed by atoms with E-state index >= 15 is 0 Å². The first-order valence-corrected chi connectivity index (χ1v) is 7.42. The predicted molar refractivity (Wildman–Crippen MR) is 84.5 cm³/mol. The monoisotopic (exact) mass is 286 g/mol. The fourth-order valence-electron chi connectivity index (χ4n) is 2.53. The Morgan fingerprint density at radius 3 is 2.29 bits per heavy atom. The molecule has 0 saturated carbocycles. The summed E-state index contributed by atoms with van der Waals surface area (Å²) in [5, 5.41) is 3.62. The van der Waals surface area contributed by atoms with E-state index in [4.69, 9.17) is 0 Å². The normalized spacial score (nSPS) is 14.2. The van der Waals surface area contributed by atoms with Gasteiger partial charge in [-0.1, -0.05) is 32.0 Å². The molecule has 2 nitrogen and oxygen atoms in total. The van der Waals surface area contributed by atoms with Crippen LogP contribution >= 0.6 is 0 Å². The molecule has 1 N–H and O–H groups in total. The Bertz CT molecular complexity index is 578. The second kappa shape index (κ2) is 6.81. The van der Waals surface area contributed by atoms with Gasteiger partial charge in [-0.15, -0.1) is 0 Å². The number of halogens is 1. The SMILES string of the molecule is Cc1cccnc1C(NC(C)c1ccc(F)cc1)C(C)C. The highest BCUT2D eigenvalue weighted by Crippen LogP contribution is 2.26. The highest BCUT2D eigenvalue weighted by molar-refractivity contribution is 5.24. The van der Waals surface area contributed by atoms with Crippen molar-refractivity contribution in [1.82, 2.24) is 10.3 Å². The van der Waals surface area contributed by atoms with E-state index in [-0.39, 0.29) is 17.9 Å². The molecule has 3 heteroatoms. The number of hydrogen-bond acceptors (Lipinski definition) is 2. The molecule has 0 bridgehead atoms. The van der Waals surface area contributed by atoms with E-state index in [9.17, 15) is 4.39 Å². The number of benzene rings is 1. The zero-order valence-electron chi connectivity index (χ0n) is 13.1. The van der Waals surface area contributed by atoms with E-state index in [1.165, 1.54) is 17.7 Å². The van der Waals surface area contributed by atoms with Crippen LogP contribution in [0.5, 0.6) is 0 Å². The van der Waals surface area contributed by atoms with E-state index < -0.39 is 0 Å². The summed E-state index contributed by atoms with van der Waals surface area (Å²) in [4.78, 5) is 4.54. The van der Waals surface area contributed by atoms with Crippen molar-refractivity contribution in [3.63, 3.8) is 0 Å². The summed E-state index contributed by atoms with van der Waals surface area (Å²) in [6, 6.07) is 11.0. The number of pyridine rings is 1. The van der Waals surface area contributed by atoms with Crippen molar-refractivity contribution in [3.8, 4) is 0 Å². The molecule has 0 aliphatic heterocycles. The van der Waals surface area contributed by atoms with Crippen LogP contribution in [-0.4, -0.2) is 4.98 Å². The molecule has 2 aromatic rings. The molecular weight excluding hydrogens is 263 g/mol. The molecule has 2 atom stereocenters. The molecule has 2 unspecified atom stereocenters. The van der Waals surface area contributed by atoms with Gasteiger partial charge in [0.15, 0.2) is 0 Å². The summed E-state index contributed by atoms with van der Waals surface area (Å²) >= 11 is 0. The molecule has 0 saturated heterocycles. The largest absolute Gasteiger partial charge is 0.302 e. The van der Waals surface area contributed by atoms with Crippen LogP contribution < -0.4 is 5.32 Å². The molecule has 0 aliphatic carbocycles. The van der Waals surface area contributed by atoms with Gasteiger partial charge in [-0.25, -0.2) is 4.39 Å². The number of nitrogens with one attached hydrogen (secondary N) is 1. The Balaban J connectivity index is 2.21. The average molecular weight is 286 g/mol. The lowest BCUT2D eigenvalue weighted by molar-refractivity contribution is 0.366. The summed E-state index contributed by atoms with van der Waals surface area (Å²) in [6.07, 6.45) is 1.84. The van der Waals surface area contributed by atoms with Gasteiger partial charge in [0.1, 0.15) is 5.82 Å². The lowest BCUT2D eigenvalue weighted by Crippen LogP contribution is -2.29. The van der Waals surface area contributed by atoms with Gasteiger partial charge in [0, 0.05) is 12.2 Å². The third-order valence-electron chi connectivity index (χ3n) is 3.81. The quantitative estimate of drug-likeness (QED) is 0.870. The van der Waals surface area contributed by atoms with Crippen molar-refractivity contribution in [2.45, 2.75) is 39.8 Å². The van der Waals surface area contributed by atoms with Crippen LogP contribution in [0.25, 0.3) is 0 Å². The van der Waals surface area contributed by atoms with Gasteiger partial charge in [0.05, 0.1) is 11.7 Å². The zero-order chi connectivity index (χ0) is 15.4. The van der Waals surface area contributed by atoms with Crippen LogP contribution in [0.4, 0.5) is 4.39 Å².